The van der Waals surface area contributed by atoms with Crippen LogP contribution in [-0.2, 0) is 6.54 Å². The van der Waals surface area contributed by atoms with Crippen molar-refractivity contribution in [3.63, 3.8) is 0 Å². The van der Waals surface area contributed by atoms with E-state index in [9.17, 15) is 10.1 Å². The maximum atomic E-state index is 11.0. The third kappa shape index (κ3) is 3.05. The summed E-state index contributed by atoms with van der Waals surface area (Å²) < 4.78 is 0. The Morgan fingerprint density at radius 1 is 1.42 bits per heavy atom. The van der Waals surface area contributed by atoms with Gasteiger partial charge in [-0.1, -0.05) is 17.7 Å². The van der Waals surface area contributed by atoms with E-state index in [0.717, 1.165) is 4.88 Å². The summed E-state index contributed by atoms with van der Waals surface area (Å²) >= 11 is 7.54. The molecule has 0 fully saturated rings. The molecule has 0 saturated heterocycles. The maximum absolute atomic E-state index is 11.0. The van der Waals surface area contributed by atoms with E-state index in [1.165, 1.54) is 16.5 Å². The van der Waals surface area contributed by atoms with Crippen molar-refractivity contribution in [3.8, 4) is 0 Å². The number of para-hydroxylation sites is 1. The SMILES string of the molecule is Cc1cc(CNc2cccc(Cl)c2[N+](=O)[O-])sc1C. The minimum Gasteiger partial charge on any atom is -0.375 e. The highest BCUT2D eigenvalue weighted by Crippen LogP contribution is 2.33. The molecule has 0 unspecified atom stereocenters. The van der Waals surface area contributed by atoms with Gasteiger partial charge in [-0.25, -0.2) is 0 Å². The third-order valence-corrected chi connectivity index (χ3v) is 4.30. The standard InChI is InChI=1S/C13H13ClN2O2S/c1-8-6-10(19-9(8)2)7-15-12-5-3-4-11(14)13(12)16(17)18/h3-6,15H,7H2,1-2H3. The topological polar surface area (TPSA) is 55.2 Å². The van der Waals surface area contributed by atoms with Crippen LogP contribution in [0.3, 0.4) is 0 Å². The van der Waals surface area contributed by atoms with Crippen molar-refractivity contribution in [2.24, 2.45) is 0 Å². The number of nitrogens with zero attached hydrogens (tertiary/aromatic N) is 1. The minimum absolute atomic E-state index is 0.0748. The Hall–Kier alpha value is -1.59. The van der Waals surface area contributed by atoms with Crippen LogP contribution < -0.4 is 5.32 Å². The van der Waals surface area contributed by atoms with Gasteiger partial charge in [0.2, 0.25) is 0 Å². The van der Waals surface area contributed by atoms with Crippen LogP contribution in [0.1, 0.15) is 15.3 Å². The molecular weight excluding hydrogens is 284 g/mol. The largest absolute Gasteiger partial charge is 0.375 e. The summed E-state index contributed by atoms with van der Waals surface area (Å²) in [4.78, 5) is 12.9. The summed E-state index contributed by atoms with van der Waals surface area (Å²) in [5.74, 6) is 0. The molecule has 2 rings (SSSR count). The van der Waals surface area contributed by atoms with Crippen LogP contribution in [0.25, 0.3) is 0 Å². The van der Waals surface area contributed by atoms with Crippen molar-refractivity contribution in [2.75, 3.05) is 5.32 Å². The predicted molar refractivity (Wildman–Crippen MR) is 79.2 cm³/mol. The lowest BCUT2D eigenvalue weighted by Crippen LogP contribution is -2.01. The number of hydrogen-bond donors (Lipinski definition) is 1. The van der Waals surface area contributed by atoms with Crippen molar-refractivity contribution in [3.05, 3.63) is 54.7 Å². The number of hydrogen-bond acceptors (Lipinski definition) is 4. The fourth-order valence-electron chi connectivity index (χ4n) is 1.76. The Bertz CT molecular complexity index is 606. The molecule has 0 aliphatic carbocycles. The van der Waals surface area contributed by atoms with Crippen molar-refractivity contribution in [1.82, 2.24) is 0 Å². The molecule has 19 heavy (non-hydrogen) atoms. The number of benzene rings is 1. The van der Waals surface area contributed by atoms with Crippen LogP contribution in [-0.4, -0.2) is 4.92 Å². The summed E-state index contributed by atoms with van der Waals surface area (Å²) in [6.07, 6.45) is 0. The van der Waals surface area contributed by atoms with Gasteiger partial charge in [0.1, 0.15) is 10.7 Å². The average molecular weight is 297 g/mol. The molecule has 1 heterocycles. The van der Waals surface area contributed by atoms with E-state index < -0.39 is 4.92 Å². The smallest absolute Gasteiger partial charge is 0.310 e. The van der Waals surface area contributed by atoms with E-state index in [-0.39, 0.29) is 10.7 Å². The van der Waals surface area contributed by atoms with Gasteiger partial charge in [-0.15, -0.1) is 11.3 Å². The quantitative estimate of drug-likeness (QED) is 0.665. The van der Waals surface area contributed by atoms with Crippen LogP contribution in [0.15, 0.2) is 24.3 Å². The molecule has 4 nitrogen and oxygen atoms in total. The molecule has 1 N–H and O–H groups in total. The maximum Gasteiger partial charge on any atom is 0.310 e. The van der Waals surface area contributed by atoms with E-state index >= 15 is 0 Å². The predicted octanol–water partition coefficient (Wildman–Crippen LogP) is 4.54. The van der Waals surface area contributed by atoms with Gasteiger partial charge >= 0.3 is 5.69 Å². The van der Waals surface area contributed by atoms with Crippen molar-refractivity contribution < 1.29 is 4.92 Å². The number of nitrogens with one attached hydrogen (secondary N) is 1. The summed E-state index contributed by atoms with van der Waals surface area (Å²) in [5, 5.41) is 14.2. The highest BCUT2D eigenvalue weighted by molar-refractivity contribution is 7.12. The molecule has 1 aromatic carbocycles. The zero-order valence-corrected chi connectivity index (χ0v) is 12.1. The average Bonchev–Trinajstić information content (AvgIpc) is 2.65. The lowest BCUT2D eigenvalue weighted by Gasteiger charge is -2.06. The van der Waals surface area contributed by atoms with Crippen LogP contribution in [0.2, 0.25) is 5.02 Å². The Kier molecular flexibility index (Phi) is 4.07. The molecular formula is C13H13ClN2O2S. The number of halogens is 1. The highest BCUT2D eigenvalue weighted by Gasteiger charge is 2.18. The van der Waals surface area contributed by atoms with Crippen molar-refractivity contribution in [1.29, 1.82) is 0 Å². The van der Waals surface area contributed by atoms with E-state index in [1.54, 1.807) is 23.5 Å². The van der Waals surface area contributed by atoms with Gasteiger partial charge < -0.3 is 5.32 Å². The van der Waals surface area contributed by atoms with Crippen LogP contribution in [0.5, 0.6) is 0 Å². The van der Waals surface area contributed by atoms with Crippen LogP contribution in [0, 0.1) is 24.0 Å². The number of rotatable bonds is 4. The van der Waals surface area contributed by atoms with Crippen molar-refractivity contribution >= 4 is 34.3 Å². The van der Waals surface area contributed by atoms with E-state index in [1.807, 2.05) is 0 Å². The Labute approximate surface area is 120 Å². The van der Waals surface area contributed by atoms with Gasteiger partial charge in [0, 0.05) is 16.3 Å². The molecule has 6 heteroatoms. The fraction of sp³-hybridized carbons (Fsp3) is 0.231. The first-order valence-electron chi connectivity index (χ1n) is 5.71. The zero-order valence-electron chi connectivity index (χ0n) is 10.6. The molecule has 1 aromatic heterocycles. The summed E-state index contributed by atoms with van der Waals surface area (Å²) in [5.41, 5.74) is 1.61. The number of nitro groups is 1. The molecule has 0 bridgehead atoms. The summed E-state index contributed by atoms with van der Waals surface area (Å²) in [6, 6.07) is 6.97. The van der Waals surface area contributed by atoms with Gasteiger partial charge in [-0.2, -0.15) is 0 Å². The van der Waals surface area contributed by atoms with Gasteiger partial charge in [-0.05, 0) is 37.6 Å². The van der Waals surface area contributed by atoms with E-state index in [4.69, 9.17) is 11.6 Å². The molecule has 0 spiro atoms. The number of nitro benzene ring substituents is 1. The van der Waals surface area contributed by atoms with Gasteiger partial charge in [0.05, 0.1) is 4.92 Å². The molecule has 0 radical (unpaired) electrons. The molecule has 0 atom stereocenters. The second-order valence-electron chi connectivity index (χ2n) is 4.20. The van der Waals surface area contributed by atoms with E-state index in [0.29, 0.717) is 12.2 Å². The molecule has 0 aliphatic rings. The van der Waals surface area contributed by atoms with Crippen LogP contribution in [0.4, 0.5) is 11.4 Å². The number of thiophene rings is 1. The molecule has 0 aliphatic heterocycles. The lowest BCUT2D eigenvalue weighted by atomic mass is 10.2. The Morgan fingerprint density at radius 2 is 2.16 bits per heavy atom. The van der Waals surface area contributed by atoms with Gasteiger partial charge in [-0.3, -0.25) is 10.1 Å². The fourth-order valence-corrected chi connectivity index (χ4v) is 3.00. The summed E-state index contributed by atoms with van der Waals surface area (Å²) in [6.45, 7) is 4.67. The third-order valence-electron chi connectivity index (χ3n) is 2.84. The Morgan fingerprint density at radius 3 is 2.74 bits per heavy atom. The summed E-state index contributed by atoms with van der Waals surface area (Å²) in [7, 11) is 0. The first-order chi connectivity index (χ1) is 8.99. The molecule has 100 valence electrons. The molecule has 0 amide bonds. The highest BCUT2D eigenvalue weighted by atomic mass is 35.5. The normalized spacial score (nSPS) is 10.5. The molecule has 2 aromatic rings. The van der Waals surface area contributed by atoms with Gasteiger partial charge in [0.25, 0.3) is 0 Å². The minimum atomic E-state index is -0.463. The monoisotopic (exact) mass is 296 g/mol. The first kappa shape index (κ1) is 13.8. The second-order valence-corrected chi connectivity index (χ2v) is 5.95. The number of aryl methyl sites for hydroxylation is 2. The second kappa shape index (κ2) is 5.59. The van der Waals surface area contributed by atoms with Crippen LogP contribution >= 0.6 is 22.9 Å². The first-order valence-corrected chi connectivity index (χ1v) is 6.91. The van der Waals surface area contributed by atoms with Gasteiger partial charge in [0.15, 0.2) is 0 Å². The Balaban J connectivity index is 2.20. The lowest BCUT2D eigenvalue weighted by molar-refractivity contribution is -0.383. The zero-order chi connectivity index (χ0) is 14.0. The van der Waals surface area contributed by atoms with E-state index in [2.05, 4.69) is 25.2 Å². The molecule has 0 saturated carbocycles. The van der Waals surface area contributed by atoms with Crippen molar-refractivity contribution in [2.45, 2.75) is 20.4 Å². The number of anilines is 1.